The predicted octanol–water partition coefficient (Wildman–Crippen LogP) is 8.55. The molecular formula is C35H41ClFNO4. The van der Waals surface area contributed by atoms with Crippen LogP contribution >= 0.6 is 11.6 Å². The zero-order valence-electron chi connectivity index (χ0n) is 25.5. The molecule has 3 aliphatic rings. The minimum absolute atomic E-state index is 0.0806. The van der Waals surface area contributed by atoms with Crippen molar-refractivity contribution in [1.29, 1.82) is 0 Å². The fourth-order valence-corrected chi connectivity index (χ4v) is 7.09. The molecule has 0 atom stereocenters. The van der Waals surface area contributed by atoms with Crippen LogP contribution in [0, 0.1) is 16.6 Å². The summed E-state index contributed by atoms with van der Waals surface area (Å²) in [6.45, 7) is 13.8. The number of carbonyl (C=O) groups is 2. The van der Waals surface area contributed by atoms with Gasteiger partial charge in [0.1, 0.15) is 12.4 Å². The number of ketones is 2. The summed E-state index contributed by atoms with van der Waals surface area (Å²) in [5.41, 5.74) is 4.54. The number of ether oxygens (including phenoxy) is 2. The smallest absolute Gasteiger partial charge is 0.180 e. The highest BCUT2D eigenvalue weighted by atomic mass is 35.5. The van der Waals surface area contributed by atoms with Crippen LogP contribution in [0.15, 0.2) is 58.9 Å². The van der Waals surface area contributed by atoms with E-state index in [1.54, 1.807) is 18.2 Å². The first-order valence-corrected chi connectivity index (χ1v) is 15.4. The van der Waals surface area contributed by atoms with Gasteiger partial charge in [-0.15, -0.1) is 0 Å². The molecule has 5 nitrogen and oxygen atoms in total. The van der Waals surface area contributed by atoms with E-state index in [0.717, 1.165) is 42.8 Å². The highest BCUT2D eigenvalue weighted by Gasteiger charge is 2.49. The average molecular weight is 594 g/mol. The third-order valence-electron chi connectivity index (χ3n) is 8.41. The van der Waals surface area contributed by atoms with Gasteiger partial charge in [-0.25, -0.2) is 4.39 Å². The van der Waals surface area contributed by atoms with Gasteiger partial charge in [-0.1, -0.05) is 58.4 Å². The maximum atomic E-state index is 14.0. The van der Waals surface area contributed by atoms with Gasteiger partial charge in [-0.2, -0.15) is 0 Å². The van der Waals surface area contributed by atoms with Crippen molar-refractivity contribution >= 4 is 23.2 Å². The summed E-state index contributed by atoms with van der Waals surface area (Å²) in [4.78, 5) is 30.3. The van der Waals surface area contributed by atoms with Crippen molar-refractivity contribution in [2.45, 2.75) is 86.2 Å². The Morgan fingerprint density at radius 2 is 1.52 bits per heavy atom. The Balaban J connectivity index is 1.67. The van der Waals surface area contributed by atoms with Gasteiger partial charge in [0.05, 0.1) is 11.6 Å². The first kappa shape index (κ1) is 30.3. The van der Waals surface area contributed by atoms with E-state index in [0.29, 0.717) is 52.7 Å². The van der Waals surface area contributed by atoms with Crippen molar-refractivity contribution in [2.24, 2.45) is 10.8 Å². The van der Waals surface area contributed by atoms with E-state index < -0.39 is 5.92 Å². The van der Waals surface area contributed by atoms with Gasteiger partial charge < -0.3 is 14.4 Å². The van der Waals surface area contributed by atoms with Gasteiger partial charge in [0, 0.05) is 47.8 Å². The Hall–Kier alpha value is -3.12. The highest BCUT2D eigenvalue weighted by molar-refractivity contribution is 6.32. The molecule has 2 aromatic carbocycles. The SMILES string of the molecule is CCCN1C2=C(C(=O)CC(C)(C)C2)C(c2cc(Cl)c(OCc3cccc(F)c3)c(OCC)c2)C2=C1CC(C)(C)CC2=O. The number of benzene rings is 2. The third kappa shape index (κ3) is 5.88. The number of allylic oxidation sites excluding steroid dienone is 4. The van der Waals surface area contributed by atoms with Gasteiger partial charge >= 0.3 is 0 Å². The van der Waals surface area contributed by atoms with Crippen LogP contribution in [-0.4, -0.2) is 29.6 Å². The Labute approximate surface area is 253 Å². The van der Waals surface area contributed by atoms with Crippen molar-refractivity contribution in [3.05, 3.63) is 80.9 Å². The molecule has 7 heteroatoms. The summed E-state index contributed by atoms with van der Waals surface area (Å²) in [7, 11) is 0. The molecule has 42 heavy (non-hydrogen) atoms. The lowest BCUT2D eigenvalue weighted by atomic mass is 9.63. The van der Waals surface area contributed by atoms with Crippen molar-refractivity contribution < 1.29 is 23.5 Å². The van der Waals surface area contributed by atoms with Crippen LogP contribution in [-0.2, 0) is 16.2 Å². The van der Waals surface area contributed by atoms with Crippen molar-refractivity contribution in [1.82, 2.24) is 4.90 Å². The van der Waals surface area contributed by atoms with E-state index in [1.165, 1.54) is 12.1 Å². The maximum Gasteiger partial charge on any atom is 0.180 e. The lowest BCUT2D eigenvalue weighted by molar-refractivity contribution is -0.119. The summed E-state index contributed by atoms with van der Waals surface area (Å²) < 4.78 is 25.9. The molecule has 0 unspecified atom stereocenters. The summed E-state index contributed by atoms with van der Waals surface area (Å²) in [5.74, 6) is 0.0820. The van der Waals surface area contributed by atoms with Gasteiger partial charge in [-0.3, -0.25) is 9.59 Å². The Bertz CT molecular complexity index is 1430. The molecule has 1 heterocycles. The minimum Gasteiger partial charge on any atom is -0.490 e. The van der Waals surface area contributed by atoms with Crippen molar-refractivity contribution in [3.8, 4) is 11.5 Å². The number of hydrogen-bond acceptors (Lipinski definition) is 5. The topological polar surface area (TPSA) is 55.8 Å². The van der Waals surface area contributed by atoms with E-state index >= 15 is 0 Å². The van der Waals surface area contributed by atoms with Crippen LogP contribution in [0.3, 0.4) is 0 Å². The lowest BCUT2D eigenvalue weighted by Gasteiger charge is -2.49. The molecule has 0 fully saturated rings. The largest absolute Gasteiger partial charge is 0.490 e. The van der Waals surface area contributed by atoms with Gasteiger partial charge in [0.25, 0.3) is 0 Å². The Kier molecular flexibility index (Phi) is 8.32. The summed E-state index contributed by atoms with van der Waals surface area (Å²) >= 11 is 6.89. The van der Waals surface area contributed by atoms with Crippen molar-refractivity contribution in [3.63, 3.8) is 0 Å². The standard InChI is InChI=1S/C35H41ClFNO4/c1-7-12-38-25-16-34(3,4)18-27(39)31(25)30(32-26(38)17-35(5,6)19-28(32)40)22-14-24(36)33(29(15-22)41-8-2)42-20-21-10-9-11-23(37)13-21/h9-11,13-15,30H,7-8,12,16-20H2,1-6H3. The molecule has 2 aromatic rings. The number of halogens is 2. The van der Waals surface area contributed by atoms with Crippen LogP contribution in [0.2, 0.25) is 5.02 Å². The number of hydrogen-bond donors (Lipinski definition) is 0. The molecule has 0 amide bonds. The van der Waals surface area contributed by atoms with E-state index in [-0.39, 0.29) is 34.8 Å². The second-order valence-electron chi connectivity index (χ2n) is 13.4. The summed E-state index contributed by atoms with van der Waals surface area (Å²) in [5, 5.41) is 0.319. The molecule has 224 valence electrons. The molecule has 0 bridgehead atoms. The molecule has 5 rings (SSSR count). The molecule has 2 aliphatic carbocycles. The van der Waals surface area contributed by atoms with Crippen LogP contribution < -0.4 is 9.47 Å². The molecular weight excluding hydrogens is 553 g/mol. The molecule has 0 N–H and O–H groups in total. The number of rotatable bonds is 8. The molecule has 0 spiro atoms. The third-order valence-corrected chi connectivity index (χ3v) is 8.69. The van der Waals surface area contributed by atoms with Crippen molar-refractivity contribution in [2.75, 3.05) is 13.2 Å². The Morgan fingerprint density at radius 1 is 0.905 bits per heavy atom. The summed E-state index contributed by atoms with van der Waals surface area (Å²) in [6, 6.07) is 9.89. The fourth-order valence-electron chi connectivity index (χ4n) is 6.81. The molecule has 0 saturated heterocycles. The molecule has 0 saturated carbocycles. The molecule has 0 aromatic heterocycles. The van der Waals surface area contributed by atoms with Crippen LogP contribution in [0.5, 0.6) is 11.5 Å². The van der Waals surface area contributed by atoms with Crippen LogP contribution in [0.1, 0.15) is 90.7 Å². The monoisotopic (exact) mass is 593 g/mol. The van der Waals surface area contributed by atoms with E-state index in [2.05, 4.69) is 39.5 Å². The van der Waals surface area contributed by atoms with E-state index in [9.17, 15) is 14.0 Å². The van der Waals surface area contributed by atoms with Crippen LogP contribution in [0.25, 0.3) is 0 Å². The highest BCUT2D eigenvalue weighted by Crippen LogP contribution is 2.55. The fraction of sp³-hybridized carbons (Fsp3) is 0.486. The zero-order valence-corrected chi connectivity index (χ0v) is 26.3. The number of nitrogens with zero attached hydrogens (tertiary/aromatic N) is 1. The maximum absolute atomic E-state index is 14.0. The lowest BCUT2D eigenvalue weighted by Crippen LogP contribution is -2.44. The van der Waals surface area contributed by atoms with Gasteiger partial charge in [-0.05, 0) is 72.4 Å². The number of Topliss-reactive ketones (excluding diaryl/α,β-unsaturated/α-hetero) is 2. The van der Waals surface area contributed by atoms with E-state index in [4.69, 9.17) is 21.1 Å². The normalized spacial score (nSPS) is 20.0. The summed E-state index contributed by atoms with van der Waals surface area (Å²) in [6.07, 6.45) is 3.27. The average Bonchev–Trinajstić information content (AvgIpc) is 2.88. The first-order valence-electron chi connectivity index (χ1n) is 15.0. The van der Waals surface area contributed by atoms with Crippen LogP contribution in [0.4, 0.5) is 4.39 Å². The molecule has 1 aliphatic heterocycles. The quantitative estimate of drug-likeness (QED) is 0.307. The van der Waals surface area contributed by atoms with Gasteiger partial charge in [0.15, 0.2) is 23.1 Å². The number of carbonyl (C=O) groups excluding carboxylic acids is 2. The predicted molar refractivity (Wildman–Crippen MR) is 163 cm³/mol. The van der Waals surface area contributed by atoms with Gasteiger partial charge in [0.2, 0.25) is 0 Å². The second kappa shape index (κ2) is 11.5. The minimum atomic E-state index is -0.524. The first-order chi connectivity index (χ1) is 19.8. The molecule has 0 radical (unpaired) electrons. The zero-order chi connectivity index (χ0) is 30.4. The van der Waals surface area contributed by atoms with E-state index in [1.807, 2.05) is 13.0 Å². The Morgan fingerprint density at radius 3 is 2.07 bits per heavy atom. The second-order valence-corrected chi connectivity index (χ2v) is 13.8.